The Labute approximate surface area is 158 Å². The molecular formula is C22H24FNO3. The fourth-order valence-corrected chi connectivity index (χ4v) is 3.50. The van der Waals surface area contributed by atoms with Gasteiger partial charge in [0, 0.05) is 31.5 Å². The summed E-state index contributed by atoms with van der Waals surface area (Å²) in [7, 11) is 0. The largest absolute Gasteiger partial charge is 0.392 e. The molecule has 2 aromatic rings. The SMILES string of the molecule is O=C(CCC(=O)N1CC[C@H](Cc2ccc(CO)cc2)C1)c1ccc(F)cc1. The number of nitrogens with zero attached hydrogens (tertiary/aromatic N) is 1. The summed E-state index contributed by atoms with van der Waals surface area (Å²) in [6.45, 7) is 1.48. The Morgan fingerprint density at radius 3 is 2.33 bits per heavy atom. The van der Waals surface area contributed by atoms with Crippen LogP contribution >= 0.6 is 0 Å². The van der Waals surface area contributed by atoms with Crippen molar-refractivity contribution in [3.8, 4) is 0 Å². The van der Waals surface area contributed by atoms with Crippen molar-refractivity contribution in [2.75, 3.05) is 13.1 Å². The van der Waals surface area contributed by atoms with Gasteiger partial charge in [0.2, 0.25) is 5.91 Å². The van der Waals surface area contributed by atoms with Crippen molar-refractivity contribution in [1.82, 2.24) is 4.90 Å². The van der Waals surface area contributed by atoms with Crippen molar-refractivity contribution in [2.45, 2.75) is 32.3 Å². The summed E-state index contributed by atoms with van der Waals surface area (Å²) < 4.78 is 12.9. The molecule has 1 saturated heterocycles. The second-order valence-corrected chi connectivity index (χ2v) is 7.10. The molecule has 2 aromatic carbocycles. The van der Waals surface area contributed by atoms with Crippen LogP contribution in [0.4, 0.5) is 4.39 Å². The van der Waals surface area contributed by atoms with E-state index in [1.54, 1.807) is 0 Å². The standard InChI is InChI=1S/C22H24FNO3/c23-20-7-5-19(6-8-20)21(26)9-10-22(27)24-12-11-18(14-24)13-16-1-3-17(15-25)4-2-16/h1-8,18,25H,9-15H2/t18-/m1/s1. The zero-order chi connectivity index (χ0) is 19.2. The first kappa shape index (κ1) is 19.2. The average Bonchev–Trinajstić information content (AvgIpc) is 3.15. The van der Waals surface area contributed by atoms with Gasteiger partial charge < -0.3 is 10.0 Å². The predicted octanol–water partition coefficient (Wildman–Crippen LogP) is 3.37. The lowest BCUT2D eigenvalue weighted by Crippen LogP contribution is -2.29. The van der Waals surface area contributed by atoms with E-state index >= 15 is 0 Å². The maximum absolute atomic E-state index is 12.9. The van der Waals surface area contributed by atoms with Crippen molar-refractivity contribution in [1.29, 1.82) is 0 Å². The highest BCUT2D eigenvalue weighted by Crippen LogP contribution is 2.22. The minimum Gasteiger partial charge on any atom is -0.392 e. The van der Waals surface area contributed by atoms with E-state index in [0.29, 0.717) is 18.0 Å². The minimum absolute atomic E-state index is 0.00332. The first-order valence-corrected chi connectivity index (χ1v) is 9.30. The number of aliphatic hydroxyl groups excluding tert-OH is 1. The van der Waals surface area contributed by atoms with Gasteiger partial charge in [-0.3, -0.25) is 9.59 Å². The molecule has 0 saturated carbocycles. The molecule has 27 heavy (non-hydrogen) atoms. The number of carbonyl (C=O) groups is 2. The van der Waals surface area contributed by atoms with Crippen LogP contribution in [0.3, 0.4) is 0 Å². The molecule has 1 amide bonds. The average molecular weight is 369 g/mol. The van der Waals surface area contributed by atoms with Crippen LogP contribution in [0.25, 0.3) is 0 Å². The highest BCUT2D eigenvalue weighted by atomic mass is 19.1. The van der Waals surface area contributed by atoms with E-state index in [2.05, 4.69) is 0 Å². The third kappa shape index (κ3) is 5.23. The zero-order valence-corrected chi connectivity index (χ0v) is 15.2. The van der Waals surface area contributed by atoms with Crippen molar-refractivity contribution in [2.24, 2.45) is 5.92 Å². The summed E-state index contributed by atoms with van der Waals surface area (Å²) in [6.07, 6.45) is 2.20. The number of Topliss-reactive ketones (excluding diaryl/α,β-unsaturated/α-hetero) is 1. The lowest BCUT2D eigenvalue weighted by Gasteiger charge is -2.16. The molecule has 5 heteroatoms. The Balaban J connectivity index is 1.45. The monoisotopic (exact) mass is 369 g/mol. The molecule has 0 unspecified atom stereocenters. The lowest BCUT2D eigenvalue weighted by atomic mass is 9.98. The summed E-state index contributed by atoms with van der Waals surface area (Å²) in [5.74, 6) is -0.0925. The van der Waals surface area contributed by atoms with Gasteiger partial charge in [0.15, 0.2) is 5.78 Å². The van der Waals surface area contributed by atoms with Gasteiger partial charge in [-0.2, -0.15) is 0 Å². The second-order valence-electron chi connectivity index (χ2n) is 7.10. The Morgan fingerprint density at radius 2 is 1.67 bits per heavy atom. The number of benzene rings is 2. The van der Waals surface area contributed by atoms with Gasteiger partial charge in [-0.05, 0) is 54.2 Å². The molecule has 1 N–H and O–H groups in total. The van der Waals surface area contributed by atoms with Crippen LogP contribution in [-0.2, 0) is 17.8 Å². The Bertz CT molecular complexity index is 786. The minimum atomic E-state index is -0.378. The molecule has 3 rings (SSSR count). The topological polar surface area (TPSA) is 57.6 Å². The van der Waals surface area contributed by atoms with Crippen molar-refractivity contribution in [3.63, 3.8) is 0 Å². The van der Waals surface area contributed by atoms with Crippen molar-refractivity contribution < 1.29 is 19.1 Å². The van der Waals surface area contributed by atoms with Gasteiger partial charge in [0.05, 0.1) is 6.61 Å². The third-order valence-electron chi connectivity index (χ3n) is 5.10. The van der Waals surface area contributed by atoms with Crippen LogP contribution in [0.1, 0.15) is 40.7 Å². The maximum Gasteiger partial charge on any atom is 0.223 e. The predicted molar refractivity (Wildman–Crippen MR) is 101 cm³/mol. The van der Waals surface area contributed by atoms with Gasteiger partial charge >= 0.3 is 0 Å². The van der Waals surface area contributed by atoms with E-state index in [1.165, 1.54) is 29.8 Å². The fraction of sp³-hybridized carbons (Fsp3) is 0.364. The summed E-state index contributed by atoms with van der Waals surface area (Å²) in [5, 5.41) is 9.10. The Morgan fingerprint density at radius 1 is 1.00 bits per heavy atom. The molecule has 0 aliphatic carbocycles. The Kier molecular flexibility index (Phi) is 6.35. The third-order valence-corrected chi connectivity index (χ3v) is 5.10. The summed E-state index contributed by atoms with van der Waals surface area (Å²) >= 11 is 0. The molecule has 142 valence electrons. The molecular weight excluding hydrogens is 345 g/mol. The first-order valence-electron chi connectivity index (χ1n) is 9.30. The number of aliphatic hydroxyl groups is 1. The quantitative estimate of drug-likeness (QED) is 0.762. The first-order chi connectivity index (χ1) is 13.0. The molecule has 1 fully saturated rings. The molecule has 0 spiro atoms. The number of rotatable bonds is 7. The van der Waals surface area contributed by atoms with Crippen LogP contribution in [0.2, 0.25) is 0 Å². The van der Waals surface area contributed by atoms with E-state index < -0.39 is 0 Å². The number of carbonyl (C=O) groups excluding carboxylic acids is 2. The van der Waals surface area contributed by atoms with Crippen LogP contribution in [0.15, 0.2) is 48.5 Å². The molecule has 1 atom stereocenters. The number of amides is 1. The molecule has 0 bridgehead atoms. The van der Waals surface area contributed by atoms with Gasteiger partial charge in [-0.25, -0.2) is 4.39 Å². The number of likely N-dealkylation sites (tertiary alicyclic amines) is 1. The van der Waals surface area contributed by atoms with Crippen LogP contribution in [0.5, 0.6) is 0 Å². The van der Waals surface area contributed by atoms with Crippen LogP contribution < -0.4 is 0 Å². The molecule has 1 heterocycles. The maximum atomic E-state index is 12.9. The molecule has 1 aliphatic rings. The van der Waals surface area contributed by atoms with E-state index in [9.17, 15) is 14.0 Å². The van der Waals surface area contributed by atoms with Gasteiger partial charge in [-0.15, -0.1) is 0 Å². The molecule has 0 radical (unpaired) electrons. The van der Waals surface area contributed by atoms with E-state index in [0.717, 1.165) is 24.9 Å². The van der Waals surface area contributed by atoms with E-state index in [1.807, 2.05) is 29.2 Å². The highest BCUT2D eigenvalue weighted by molar-refractivity contribution is 5.97. The molecule has 0 aromatic heterocycles. The summed E-state index contributed by atoms with van der Waals surface area (Å²) in [6, 6.07) is 13.3. The van der Waals surface area contributed by atoms with Crippen LogP contribution in [0, 0.1) is 11.7 Å². The lowest BCUT2D eigenvalue weighted by molar-refractivity contribution is -0.130. The summed E-state index contributed by atoms with van der Waals surface area (Å²) in [5.41, 5.74) is 2.54. The van der Waals surface area contributed by atoms with Gasteiger partial charge in [0.25, 0.3) is 0 Å². The van der Waals surface area contributed by atoms with E-state index in [-0.39, 0.29) is 37.0 Å². The highest BCUT2D eigenvalue weighted by Gasteiger charge is 2.26. The number of ketones is 1. The fourth-order valence-electron chi connectivity index (χ4n) is 3.50. The van der Waals surface area contributed by atoms with Crippen LogP contribution in [-0.4, -0.2) is 34.8 Å². The Hall–Kier alpha value is -2.53. The molecule has 4 nitrogen and oxygen atoms in total. The van der Waals surface area contributed by atoms with Gasteiger partial charge in [0.1, 0.15) is 5.82 Å². The zero-order valence-electron chi connectivity index (χ0n) is 15.2. The second kappa shape index (κ2) is 8.91. The normalized spacial score (nSPS) is 16.5. The number of hydrogen-bond donors (Lipinski definition) is 1. The van der Waals surface area contributed by atoms with E-state index in [4.69, 9.17) is 5.11 Å². The number of hydrogen-bond acceptors (Lipinski definition) is 3. The smallest absolute Gasteiger partial charge is 0.223 e. The summed E-state index contributed by atoms with van der Waals surface area (Å²) in [4.78, 5) is 26.4. The molecule has 1 aliphatic heterocycles. The van der Waals surface area contributed by atoms with Gasteiger partial charge in [-0.1, -0.05) is 24.3 Å². The number of halogens is 1. The van der Waals surface area contributed by atoms with Crippen molar-refractivity contribution >= 4 is 11.7 Å². The van der Waals surface area contributed by atoms with Crippen molar-refractivity contribution in [3.05, 3.63) is 71.0 Å².